The number of carbonyl (C=O) groups is 2. The first kappa shape index (κ1) is 16.0. The van der Waals surface area contributed by atoms with Gasteiger partial charge in [0.1, 0.15) is 5.82 Å². The maximum absolute atomic E-state index is 12.9. The summed E-state index contributed by atoms with van der Waals surface area (Å²) >= 11 is 1.56. The molecule has 2 aliphatic rings. The zero-order valence-corrected chi connectivity index (χ0v) is 13.4. The van der Waals surface area contributed by atoms with Crippen molar-refractivity contribution in [2.24, 2.45) is 10.9 Å². The lowest BCUT2D eigenvalue weighted by molar-refractivity contribution is -0.124. The molecular formula is C16H18FN3O2S. The van der Waals surface area contributed by atoms with Crippen molar-refractivity contribution < 1.29 is 14.0 Å². The van der Waals surface area contributed by atoms with Crippen molar-refractivity contribution in [3.8, 4) is 0 Å². The number of amidine groups is 1. The van der Waals surface area contributed by atoms with Crippen molar-refractivity contribution in [1.82, 2.24) is 10.2 Å². The van der Waals surface area contributed by atoms with Gasteiger partial charge in [-0.25, -0.2) is 4.39 Å². The lowest BCUT2D eigenvalue weighted by atomic mass is 9.95. The maximum atomic E-state index is 12.9. The summed E-state index contributed by atoms with van der Waals surface area (Å²) < 4.78 is 12.9. The number of carbonyl (C=O) groups excluding carboxylic acids is 2. The third kappa shape index (κ3) is 3.90. The Balaban J connectivity index is 1.52. The molecule has 0 aliphatic carbocycles. The first-order valence-electron chi connectivity index (χ1n) is 7.66. The van der Waals surface area contributed by atoms with Crippen molar-refractivity contribution in [3.05, 3.63) is 35.6 Å². The van der Waals surface area contributed by atoms with Crippen LogP contribution >= 0.6 is 11.8 Å². The van der Waals surface area contributed by atoms with E-state index in [1.807, 2.05) is 0 Å². The van der Waals surface area contributed by atoms with E-state index in [1.54, 1.807) is 16.7 Å². The molecule has 0 saturated carbocycles. The Kier molecular flexibility index (Phi) is 4.95. The molecule has 1 aromatic carbocycles. The summed E-state index contributed by atoms with van der Waals surface area (Å²) in [4.78, 5) is 30.5. The minimum absolute atomic E-state index is 0.00738. The van der Waals surface area contributed by atoms with Crippen LogP contribution in [-0.4, -0.2) is 47.3 Å². The lowest BCUT2D eigenvalue weighted by Gasteiger charge is -2.31. The van der Waals surface area contributed by atoms with Gasteiger partial charge < -0.3 is 10.2 Å². The number of hydrogen-bond acceptors (Lipinski definition) is 4. The van der Waals surface area contributed by atoms with E-state index >= 15 is 0 Å². The Morgan fingerprint density at radius 2 is 1.91 bits per heavy atom. The minimum atomic E-state index is -0.357. The average Bonchev–Trinajstić information content (AvgIpc) is 3.08. The summed E-state index contributed by atoms with van der Waals surface area (Å²) in [7, 11) is 0. The molecule has 0 aromatic heterocycles. The summed E-state index contributed by atoms with van der Waals surface area (Å²) in [5, 5.41) is 3.57. The van der Waals surface area contributed by atoms with Gasteiger partial charge in [0.15, 0.2) is 5.17 Å². The minimum Gasteiger partial charge on any atom is -0.339 e. The van der Waals surface area contributed by atoms with Crippen LogP contribution in [-0.2, 0) is 4.79 Å². The molecule has 23 heavy (non-hydrogen) atoms. The van der Waals surface area contributed by atoms with Crippen molar-refractivity contribution in [3.63, 3.8) is 0 Å². The van der Waals surface area contributed by atoms with Crippen molar-refractivity contribution in [1.29, 1.82) is 0 Å². The Bertz CT molecular complexity index is 625. The van der Waals surface area contributed by atoms with Crippen LogP contribution in [0.2, 0.25) is 0 Å². The predicted molar refractivity (Wildman–Crippen MR) is 87.9 cm³/mol. The van der Waals surface area contributed by atoms with Gasteiger partial charge in [0.05, 0.1) is 6.54 Å². The molecule has 0 unspecified atom stereocenters. The van der Waals surface area contributed by atoms with Crippen molar-refractivity contribution in [2.45, 2.75) is 12.8 Å². The highest BCUT2D eigenvalue weighted by molar-refractivity contribution is 8.14. The average molecular weight is 335 g/mol. The highest BCUT2D eigenvalue weighted by Crippen LogP contribution is 2.20. The molecule has 0 atom stereocenters. The molecule has 122 valence electrons. The van der Waals surface area contributed by atoms with Gasteiger partial charge in [-0.2, -0.15) is 0 Å². The zero-order chi connectivity index (χ0) is 16.2. The molecule has 0 spiro atoms. The van der Waals surface area contributed by atoms with Gasteiger partial charge in [0, 0.05) is 30.3 Å². The molecular weight excluding hydrogens is 317 g/mol. The number of benzene rings is 1. The van der Waals surface area contributed by atoms with Gasteiger partial charge in [-0.15, -0.1) is 0 Å². The number of nitrogens with zero attached hydrogens (tertiary/aromatic N) is 2. The molecule has 1 fully saturated rings. The zero-order valence-electron chi connectivity index (χ0n) is 12.6. The molecule has 2 aliphatic heterocycles. The molecule has 0 radical (unpaired) electrons. The Labute approximate surface area is 138 Å². The van der Waals surface area contributed by atoms with Gasteiger partial charge in [-0.05, 0) is 37.1 Å². The van der Waals surface area contributed by atoms with Crippen LogP contribution in [0.5, 0.6) is 0 Å². The second kappa shape index (κ2) is 7.12. The molecule has 0 bridgehead atoms. The first-order chi connectivity index (χ1) is 11.1. The first-order valence-corrected chi connectivity index (χ1v) is 8.65. The largest absolute Gasteiger partial charge is 0.339 e. The number of piperidine rings is 1. The molecule has 2 heterocycles. The van der Waals surface area contributed by atoms with Crippen LogP contribution < -0.4 is 5.32 Å². The third-order valence-corrected chi connectivity index (χ3v) is 4.95. The Morgan fingerprint density at radius 1 is 1.22 bits per heavy atom. The van der Waals surface area contributed by atoms with E-state index in [0.29, 0.717) is 36.7 Å². The van der Waals surface area contributed by atoms with E-state index in [2.05, 4.69) is 10.3 Å². The number of amides is 2. The second-order valence-corrected chi connectivity index (χ2v) is 6.68. The van der Waals surface area contributed by atoms with Gasteiger partial charge in [-0.3, -0.25) is 14.6 Å². The summed E-state index contributed by atoms with van der Waals surface area (Å²) in [6.07, 6.45) is 1.27. The molecule has 5 nitrogen and oxygen atoms in total. The quantitative estimate of drug-likeness (QED) is 0.898. The Hall–Kier alpha value is -1.89. The number of rotatable bonds is 2. The summed E-state index contributed by atoms with van der Waals surface area (Å²) in [5.41, 5.74) is 0.478. The van der Waals surface area contributed by atoms with Crippen LogP contribution in [0.3, 0.4) is 0 Å². The fourth-order valence-corrected chi connectivity index (χ4v) is 3.47. The van der Waals surface area contributed by atoms with Crippen LogP contribution in [0.4, 0.5) is 4.39 Å². The lowest BCUT2D eigenvalue weighted by Crippen LogP contribution is -2.43. The molecule has 2 amide bonds. The smallest absolute Gasteiger partial charge is 0.253 e. The number of halogens is 1. The van der Waals surface area contributed by atoms with Crippen LogP contribution in [0.25, 0.3) is 0 Å². The summed E-state index contributed by atoms with van der Waals surface area (Å²) in [6.45, 7) is 1.83. The van der Waals surface area contributed by atoms with E-state index in [9.17, 15) is 14.0 Å². The highest BCUT2D eigenvalue weighted by Gasteiger charge is 2.28. The molecule has 3 rings (SSSR count). The van der Waals surface area contributed by atoms with Crippen LogP contribution in [0.15, 0.2) is 29.3 Å². The normalized spacial score (nSPS) is 18.7. The summed E-state index contributed by atoms with van der Waals surface area (Å²) in [5.74, 6) is 0.354. The number of aliphatic imine (C=N–C) groups is 1. The van der Waals surface area contributed by atoms with Crippen LogP contribution in [0.1, 0.15) is 23.2 Å². The highest BCUT2D eigenvalue weighted by atomic mass is 32.2. The second-order valence-electron chi connectivity index (χ2n) is 5.60. The SMILES string of the molecule is O=C(NC1=NCCS1)C1CCN(C(=O)c2ccc(F)cc2)CC1. The van der Waals surface area contributed by atoms with Crippen molar-refractivity contribution >= 4 is 28.7 Å². The van der Waals surface area contributed by atoms with Gasteiger partial charge in [0.25, 0.3) is 5.91 Å². The standard InChI is InChI=1S/C16H18FN3O2S/c17-13-3-1-12(2-4-13)15(22)20-8-5-11(6-9-20)14(21)19-16-18-7-10-23-16/h1-4,11H,5-10H2,(H,18,19,21). The van der Waals surface area contributed by atoms with E-state index in [4.69, 9.17) is 0 Å². The topological polar surface area (TPSA) is 61.8 Å². The monoisotopic (exact) mass is 335 g/mol. The van der Waals surface area contributed by atoms with Crippen LogP contribution in [0, 0.1) is 11.7 Å². The van der Waals surface area contributed by atoms with E-state index < -0.39 is 0 Å². The molecule has 7 heteroatoms. The number of hydrogen-bond donors (Lipinski definition) is 1. The van der Waals surface area contributed by atoms with E-state index in [0.717, 1.165) is 12.3 Å². The molecule has 1 N–H and O–H groups in total. The van der Waals surface area contributed by atoms with Gasteiger partial charge >= 0.3 is 0 Å². The number of thioether (sulfide) groups is 1. The molecule has 1 saturated heterocycles. The molecule has 1 aromatic rings. The Morgan fingerprint density at radius 3 is 2.52 bits per heavy atom. The fraction of sp³-hybridized carbons (Fsp3) is 0.438. The van der Waals surface area contributed by atoms with Gasteiger partial charge in [-0.1, -0.05) is 11.8 Å². The fourth-order valence-electron chi connectivity index (χ4n) is 2.74. The van der Waals surface area contributed by atoms with E-state index in [-0.39, 0.29) is 23.5 Å². The number of likely N-dealkylation sites (tertiary alicyclic amines) is 1. The van der Waals surface area contributed by atoms with Crippen molar-refractivity contribution in [2.75, 3.05) is 25.4 Å². The maximum Gasteiger partial charge on any atom is 0.253 e. The predicted octanol–water partition coefficient (Wildman–Crippen LogP) is 1.90. The number of nitrogens with one attached hydrogen (secondary N) is 1. The third-order valence-electron chi connectivity index (χ3n) is 4.06. The summed E-state index contributed by atoms with van der Waals surface area (Å²) in [6, 6.07) is 5.55. The van der Waals surface area contributed by atoms with E-state index in [1.165, 1.54) is 24.3 Å². The van der Waals surface area contributed by atoms with Gasteiger partial charge in [0.2, 0.25) is 5.91 Å².